The van der Waals surface area contributed by atoms with E-state index in [1.165, 1.54) is 37.7 Å². The summed E-state index contributed by atoms with van der Waals surface area (Å²) >= 11 is 0. The third-order valence-electron chi connectivity index (χ3n) is 4.50. The van der Waals surface area contributed by atoms with Crippen molar-refractivity contribution in [1.82, 2.24) is 4.90 Å². The van der Waals surface area contributed by atoms with Crippen molar-refractivity contribution in [2.24, 2.45) is 5.41 Å². The minimum absolute atomic E-state index is 0.156. The number of hydrogen-bond donors (Lipinski definition) is 1. The highest BCUT2D eigenvalue weighted by Crippen LogP contribution is 2.36. The van der Waals surface area contributed by atoms with Crippen LogP contribution in [0, 0.1) is 5.41 Å². The molecular weight excluding hydrogens is 234 g/mol. The largest absolute Gasteiger partial charge is 0.396 e. The monoisotopic (exact) mass is 261 g/mol. The first-order valence-corrected chi connectivity index (χ1v) is 7.65. The number of hydrogen-bond acceptors (Lipinski definition) is 2. The SMILES string of the molecule is CCN(Cc1ccccc1)CC1(CO)CCCCC1. The maximum atomic E-state index is 9.83. The van der Waals surface area contributed by atoms with Crippen LogP contribution < -0.4 is 0 Å². The van der Waals surface area contributed by atoms with Gasteiger partial charge in [0, 0.05) is 25.1 Å². The highest BCUT2D eigenvalue weighted by atomic mass is 16.3. The maximum Gasteiger partial charge on any atom is 0.0499 e. The molecule has 1 N–H and O–H groups in total. The van der Waals surface area contributed by atoms with Gasteiger partial charge in [0.2, 0.25) is 0 Å². The molecule has 0 atom stereocenters. The van der Waals surface area contributed by atoms with Gasteiger partial charge in [-0.15, -0.1) is 0 Å². The zero-order valence-electron chi connectivity index (χ0n) is 12.1. The fourth-order valence-electron chi connectivity index (χ4n) is 3.26. The Morgan fingerprint density at radius 1 is 1.11 bits per heavy atom. The molecule has 1 fully saturated rings. The predicted molar refractivity (Wildman–Crippen MR) is 80.0 cm³/mol. The molecule has 106 valence electrons. The van der Waals surface area contributed by atoms with E-state index < -0.39 is 0 Å². The summed E-state index contributed by atoms with van der Waals surface area (Å²) in [6.45, 7) is 5.65. The molecule has 1 aliphatic rings. The Kier molecular flexibility index (Phi) is 5.41. The normalized spacial score (nSPS) is 18.7. The summed E-state index contributed by atoms with van der Waals surface area (Å²) in [5.74, 6) is 0. The lowest BCUT2D eigenvalue weighted by molar-refractivity contribution is 0.0395. The van der Waals surface area contributed by atoms with E-state index >= 15 is 0 Å². The van der Waals surface area contributed by atoms with Gasteiger partial charge in [0.15, 0.2) is 0 Å². The molecule has 0 unspecified atom stereocenters. The van der Waals surface area contributed by atoms with Crippen molar-refractivity contribution in [2.45, 2.75) is 45.6 Å². The van der Waals surface area contributed by atoms with Crippen LogP contribution in [0.5, 0.6) is 0 Å². The number of nitrogens with zero attached hydrogens (tertiary/aromatic N) is 1. The third-order valence-corrected chi connectivity index (χ3v) is 4.50. The van der Waals surface area contributed by atoms with Crippen molar-refractivity contribution in [2.75, 3.05) is 19.7 Å². The Morgan fingerprint density at radius 3 is 2.37 bits per heavy atom. The van der Waals surface area contributed by atoms with Gasteiger partial charge in [-0.2, -0.15) is 0 Å². The Balaban J connectivity index is 1.97. The van der Waals surface area contributed by atoms with E-state index in [-0.39, 0.29) is 5.41 Å². The quantitative estimate of drug-likeness (QED) is 0.848. The molecule has 2 nitrogen and oxygen atoms in total. The summed E-state index contributed by atoms with van der Waals surface area (Å²) in [5, 5.41) is 9.83. The third kappa shape index (κ3) is 4.05. The second-order valence-corrected chi connectivity index (χ2v) is 6.01. The Hall–Kier alpha value is -0.860. The molecule has 2 rings (SSSR count). The molecule has 0 spiro atoms. The van der Waals surface area contributed by atoms with Gasteiger partial charge in [-0.1, -0.05) is 56.5 Å². The molecular formula is C17H27NO. The molecule has 0 aliphatic heterocycles. The topological polar surface area (TPSA) is 23.5 Å². The van der Waals surface area contributed by atoms with Crippen molar-refractivity contribution in [3.63, 3.8) is 0 Å². The molecule has 0 saturated heterocycles. The van der Waals surface area contributed by atoms with Crippen LogP contribution in [0.1, 0.15) is 44.6 Å². The lowest BCUT2D eigenvalue weighted by Gasteiger charge is -2.39. The van der Waals surface area contributed by atoms with Crippen LogP contribution >= 0.6 is 0 Å². The number of rotatable bonds is 6. The van der Waals surface area contributed by atoms with Gasteiger partial charge in [0.25, 0.3) is 0 Å². The molecule has 2 heteroatoms. The van der Waals surface area contributed by atoms with Gasteiger partial charge in [-0.05, 0) is 24.9 Å². The van der Waals surface area contributed by atoms with Gasteiger partial charge >= 0.3 is 0 Å². The zero-order valence-corrected chi connectivity index (χ0v) is 12.1. The predicted octanol–water partition coefficient (Wildman–Crippen LogP) is 3.45. The summed E-state index contributed by atoms with van der Waals surface area (Å²) in [7, 11) is 0. The van der Waals surface area contributed by atoms with Gasteiger partial charge in [-0.3, -0.25) is 4.90 Å². The highest BCUT2D eigenvalue weighted by molar-refractivity contribution is 5.14. The molecule has 0 radical (unpaired) electrons. The number of aliphatic hydroxyl groups is 1. The van der Waals surface area contributed by atoms with Gasteiger partial charge < -0.3 is 5.11 Å². The second-order valence-electron chi connectivity index (χ2n) is 6.01. The maximum absolute atomic E-state index is 9.83. The van der Waals surface area contributed by atoms with Crippen molar-refractivity contribution in [1.29, 1.82) is 0 Å². The van der Waals surface area contributed by atoms with E-state index in [0.717, 1.165) is 19.6 Å². The van der Waals surface area contributed by atoms with Crippen molar-refractivity contribution in [3.05, 3.63) is 35.9 Å². The molecule has 1 aromatic rings. The molecule has 1 saturated carbocycles. The molecule has 1 aromatic carbocycles. The van der Waals surface area contributed by atoms with Crippen LogP contribution in [0.15, 0.2) is 30.3 Å². The first-order chi connectivity index (χ1) is 9.28. The fourth-order valence-corrected chi connectivity index (χ4v) is 3.26. The van der Waals surface area contributed by atoms with Crippen LogP contribution in [-0.4, -0.2) is 29.7 Å². The van der Waals surface area contributed by atoms with Gasteiger partial charge in [0.1, 0.15) is 0 Å². The van der Waals surface area contributed by atoms with Crippen molar-refractivity contribution in [3.8, 4) is 0 Å². The molecule has 0 heterocycles. The number of benzene rings is 1. The minimum Gasteiger partial charge on any atom is -0.396 e. The van der Waals surface area contributed by atoms with E-state index in [9.17, 15) is 5.11 Å². The average Bonchev–Trinajstić information content (AvgIpc) is 2.48. The van der Waals surface area contributed by atoms with E-state index in [2.05, 4.69) is 42.2 Å². The van der Waals surface area contributed by atoms with E-state index in [4.69, 9.17) is 0 Å². The Bertz CT molecular complexity index is 357. The van der Waals surface area contributed by atoms with Crippen LogP contribution in [0.4, 0.5) is 0 Å². The Labute approximate surface area is 117 Å². The fraction of sp³-hybridized carbons (Fsp3) is 0.647. The van der Waals surface area contributed by atoms with Gasteiger partial charge in [0.05, 0.1) is 0 Å². The molecule has 1 aliphatic carbocycles. The summed E-state index contributed by atoms with van der Waals surface area (Å²) in [5.41, 5.74) is 1.52. The highest BCUT2D eigenvalue weighted by Gasteiger charge is 2.32. The molecule has 0 amide bonds. The van der Waals surface area contributed by atoms with E-state index in [1.54, 1.807) is 0 Å². The summed E-state index contributed by atoms with van der Waals surface area (Å²) in [4.78, 5) is 2.48. The molecule has 0 aromatic heterocycles. The van der Waals surface area contributed by atoms with Crippen LogP contribution in [0.25, 0.3) is 0 Å². The minimum atomic E-state index is 0.156. The standard InChI is InChI=1S/C17H27NO/c1-2-18(13-16-9-5-3-6-10-16)14-17(15-19)11-7-4-8-12-17/h3,5-6,9-10,19H,2,4,7-8,11-15H2,1H3. The van der Waals surface area contributed by atoms with Gasteiger partial charge in [-0.25, -0.2) is 0 Å². The van der Waals surface area contributed by atoms with Crippen molar-refractivity contribution >= 4 is 0 Å². The molecule has 19 heavy (non-hydrogen) atoms. The van der Waals surface area contributed by atoms with Crippen molar-refractivity contribution < 1.29 is 5.11 Å². The van der Waals surface area contributed by atoms with Crippen LogP contribution in [0.3, 0.4) is 0 Å². The second kappa shape index (κ2) is 7.06. The number of aliphatic hydroxyl groups excluding tert-OH is 1. The smallest absolute Gasteiger partial charge is 0.0499 e. The van der Waals surface area contributed by atoms with Crippen LogP contribution in [0.2, 0.25) is 0 Å². The summed E-state index contributed by atoms with van der Waals surface area (Å²) in [6, 6.07) is 10.7. The lowest BCUT2D eigenvalue weighted by Crippen LogP contribution is -2.41. The summed E-state index contributed by atoms with van der Waals surface area (Å²) < 4.78 is 0. The van der Waals surface area contributed by atoms with E-state index in [1.807, 2.05) is 0 Å². The average molecular weight is 261 g/mol. The summed E-state index contributed by atoms with van der Waals surface area (Å²) in [6.07, 6.45) is 6.28. The lowest BCUT2D eigenvalue weighted by atomic mass is 9.74. The van der Waals surface area contributed by atoms with E-state index in [0.29, 0.717) is 6.61 Å². The Morgan fingerprint density at radius 2 is 1.79 bits per heavy atom. The first-order valence-electron chi connectivity index (χ1n) is 7.65. The molecule has 0 bridgehead atoms. The zero-order chi connectivity index (χ0) is 13.6. The van der Waals surface area contributed by atoms with Crippen LogP contribution in [-0.2, 0) is 6.54 Å². The first kappa shape index (κ1) is 14.5.